The van der Waals surface area contributed by atoms with Crippen molar-refractivity contribution in [3.8, 4) is 0 Å². The quantitative estimate of drug-likeness (QED) is 0.449. The molecular formula is C15H24F3N3O5Si. The number of rotatable bonds is 10. The van der Waals surface area contributed by atoms with Crippen LogP contribution in [0.4, 0.5) is 18.9 Å². The number of nitrogens with one attached hydrogen (secondary N) is 1. The van der Waals surface area contributed by atoms with Crippen LogP contribution in [0.5, 0.6) is 0 Å². The highest BCUT2D eigenvalue weighted by Gasteiger charge is 2.39. The Kier molecular flexibility index (Phi) is 7.99. The summed E-state index contributed by atoms with van der Waals surface area (Å²) in [6.45, 7) is 5.83. The van der Waals surface area contributed by atoms with Gasteiger partial charge in [0, 0.05) is 21.8 Å². The molecule has 0 radical (unpaired) electrons. The van der Waals surface area contributed by atoms with Gasteiger partial charge in [-0.25, -0.2) is 9.48 Å². The summed E-state index contributed by atoms with van der Waals surface area (Å²) in [6.07, 6.45) is -4.24. The Balaban J connectivity index is 3.09. The van der Waals surface area contributed by atoms with E-state index in [9.17, 15) is 22.8 Å². The zero-order valence-electron chi connectivity index (χ0n) is 15.6. The van der Waals surface area contributed by atoms with Crippen molar-refractivity contribution in [2.45, 2.75) is 44.6 Å². The van der Waals surface area contributed by atoms with E-state index in [1.165, 1.54) is 7.11 Å². The molecule has 0 aromatic carbocycles. The second kappa shape index (κ2) is 9.33. The van der Waals surface area contributed by atoms with Crippen molar-refractivity contribution in [1.82, 2.24) is 9.78 Å². The molecular weight excluding hydrogens is 387 g/mol. The molecule has 2 N–H and O–H groups in total. The molecule has 1 aromatic rings. The lowest BCUT2D eigenvalue weighted by molar-refractivity contribution is -0.141. The molecule has 0 amide bonds. The zero-order valence-corrected chi connectivity index (χ0v) is 16.6. The van der Waals surface area contributed by atoms with E-state index in [1.54, 1.807) is 0 Å². The molecule has 0 bridgehead atoms. The number of carbonyl (C=O) groups is 1. The van der Waals surface area contributed by atoms with Gasteiger partial charge in [-0.3, -0.25) is 4.79 Å². The molecule has 1 rings (SSSR count). The van der Waals surface area contributed by atoms with Crippen molar-refractivity contribution in [2.24, 2.45) is 0 Å². The highest BCUT2D eigenvalue weighted by molar-refractivity contribution is 6.76. The Hall–Kier alpha value is -1.92. The van der Waals surface area contributed by atoms with Gasteiger partial charge < -0.3 is 19.9 Å². The Morgan fingerprint density at radius 2 is 2.04 bits per heavy atom. The predicted octanol–water partition coefficient (Wildman–Crippen LogP) is 2.09. The van der Waals surface area contributed by atoms with Crippen molar-refractivity contribution < 1.29 is 32.5 Å². The molecule has 0 aliphatic carbocycles. The average Bonchev–Trinajstić information content (AvgIpc) is 2.50. The summed E-state index contributed by atoms with van der Waals surface area (Å²) in [7, 11) is -0.181. The van der Waals surface area contributed by atoms with E-state index in [0.29, 0.717) is 11.3 Å². The summed E-state index contributed by atoms with van der Waals surface area (Å²) in [4.78, 5) is 23.3. The van der Waals surface area contributed by atoms with E-state index in [2.05, 4.69) is 34.8 Å². The van der Waals surface area contributed by atoms with Gasteiger partial charge in [-0.2, -0.15) is 18.3 Å². The van der Waals surface area contributed by atoms with Crippen LogP contribution in [0.15, 0.2) is 11.0 Å². The number of hydrogen-bond donors (Lipinski definition) is 2. The fraction of sp³-hybridized carbons (Fsp3) is 0.667. The van der Waals surface area contributed by atoms with Crippen molar-refractivity contribution in [1.29, 1.82) is 0 Å². The first kappa shape index (κ1) is 23.1. The molecule has 0 saturated carbocycles. The van der Waals surface area contributed by atoms with Crippen LogP contribution in [0.3, 0.4) is 0 Å². The number of carboxylic acids is 1. The van der Waals surface area contributed by atoms with Gasteiger partial charge in [0.2, 0.25) is 0 Å². The molecule has 8 nitrogen and oxygen atoms in total. The number of aliphatic carboxylic acids is 1. The molecule has 0 aliphatic rings. The molecule has 12 heteroatoms. The number of carboxylic acid groups (broad SMARTS) is 1. The first-order valence-corrected chi connectivity index (χ1v) is 11.8. The SMILES string of the molecule is COC[C@@H](Nc1cnn(COCC[Si](C)(C)C)c(=O)c1C(F)(F)F)C(=O)O. The first-order valence-electron chi connectivity index (χ1n) is 8.10. The highest BCUT2D eigenvalue weighted by Crippen LogP contribution is 2.32. The smallest absolute Gasteiger partial charge is 0.423 e. The molecule has 0 saturated heterocycles. The second-order valence-electron chi connectivity index (χ2n) is 7.07. The van der Waals surface area contributed by atoms with Crippen molar-refractivity contribution in [2.75, 3.05) is 25.6 Å². The second-order valence-corrected chi connectivity index (χ2v) is 12.7. The lowest BCUT2D eigenvalue weighted by Gasteiger charge is -2.19. The number of halogens is 3. The molecule has 27 heavy (non-hydrogen) atoms. The average molecular weight is 411 g/mol. The summed E-state index contributed by atoms with van der Waals surface area (Å²) >= 11 is 0. The third kappa shape index (κ3) is 7.31. The number of anilines is 1. The molecule has 1 atom stereocenters. The maximum atomic E-state index is 13.4. The number of aromatic nitrogens is 2. The van der Waals surface area contributed by atoms with Crippen LogP contribution in [0.2, 0.25) is 25.7 Å². The van der Waals surface area contributed by atoms with Crippen LogP contribution in [0.25, 0.3) is 0 Å². The molecule has 0 spiro atoms. The first-order chi connectivity index (χ1) is 12.4. The van der Waals surface area contributed by atoms with Gasteiger partial charge >= 0.3 is 12.1 Å². The van der Waals surface area contributed by atoms with Gasteiger partial charge in [0.1, 0.15) is 18.3 Å². The summed E-state index contributed by atoms with van der Waals surface area (Å²) in [6, 6.07) is -0.689. The molecule has 0 aliphatic heterocycles. The minimum absolute atomic E-state index is 0.306. The van der Waals surface area contributed by atoms with Crippen LogP contribution in [0, 0.1) is 0 Å². The third-order valence-electron chi connectivity index (χ3n) is 3.50. The van der Waals surface area contributed by atoms with Crippen LogP contribution in [-0.2, 0) is 27.2 Å². The monoisotopic (exact) mass is 411 g/mol. The van der Waals surface area contributed by atoms with E-state index in [1.807, 2.05) is 0 Å². The standard InChI is InChI=1S/C15H24F3N3O5Si/c1-25-8-11(14(23)24)20-10-7-19-21(9-26-5-6-27(2,3)4)13(22)12(10)15(16,17)18/h7,11,20H,5-6,8-9H2,1-4H3,(H,23,24)/t11-/m1/s1. The normalized spacial score (nSPS) is 13.4. The topological polar surface area (TPSA) is 103 Å². The fourth-order valence-electron chi connectivity index (χ4n) is 2.02. The van der Waals surface area contributed by atoms with Crippen LogP contribution in [-0.4, -0.2) is 55.3 Å². The third-order valence-corrected chi connectivity index (χ3v) is 5.20. The largest absolute Gasteiger partial charge is 0.480 e. The summed E-state index contributed by atoms with van der Waals surface area (Å²) in [5.41, 5.74) is -3.67. The summed E-state index contributed by atoms with van der Waals surface area (Å²) < 4.78 is 50.6. The van der Waals surface area contributed by atoms with Gasteiger partial charge in [-0.1, -0.05) is 19.6 Å². The minimum Gasteiger partial charge on any atom is -0.480 e. The summed E-state index contributed by atoms with van der Waals surface area (Å²) in [5.74, 6) is -1.43. The molecule has 0 fully saturated rings. The molecule has 1 aromatic heterocycles. The van der Waals surface area contributed by atoms with Crippen LogP contribution >= 0.6 is 0 Å². The molecule has 154 valence electrons. The molecule has 0 unspecified atom stereocenters. The lowest BCUT2D eigenvalue weighted by Crippen LogP contribution is -2.38. The van der Waals surface area contributed by atoms with Crippen molar-refractivity contribution in [3.05, 3.63) is 22.1 Å². The van der Waals surface area contributed by atoms with Crippen LogP contribution in [0.1, 0.15) is 5.56 Å². The molecule has 1 heterocycles. The Labute approximate surface area is 155 Å². The predicted molar refractivity (Wildman–Crippen MR) is 94.5 cm³/mol. The Bertz CT molecular complexity index is 703. The Morgan fingerprint density at radius 1 is 1.41 bits per heavy atom. The van der Waals surface area contributed by atoms with E-state index < -0.39 is 56.4 Å². The maximum absolute atomic E-state index is 13.4. The number of methoxy groups -OCH3 is 1. The summed E-state index contributed by atoms with van der Waals surface area (Å²) in [5, 5.41) is 14.9. The number of alkyl halides is 3. The Morgan fingerprint density at radius 3 is 2.52 bits per heavy atom. The van der Waals surface area contributed by atoms with Gasteiger partial charge in [0.15, 0.2) is 0 Å². The van der Waals surface area contributed by atoms with Gasteiger partial charge in [0.25, 0.3) is 5.56 Å². The van der Waals surface area contributed by atoms with E-state index in [-0.39, 0.29) is 0 Å². The fourth-order valence-corrected chi connectivity index (χ4v) is 2.78. The highest BCUT2D eigenvalue weighted by atomic mass is 28.3. The number of nitrogens with zero attached hydrogens (tertiary/aromatic N) is 2. The van der Waals surface area contributed by atoms with E-state index in [0.717, 1.165) is 12.2 Å². The minimum atomic E-state index is -5.00. The van der Waals surface area contributed by atoms with Gasteiger partial charge in [-0.05, 0) is 6.04 Å². The van der Waals surface area contributed by atoms with Gasteiger partial charge in [0.05, 0.1) is 18.5 Å². The van der Waals surface area contributed by atoms with Crippen molar-refractivity contribution in [3.63, 3.8) is 0 Å². The van der Waals surface area contributed by atoms with E-state index >= 15 is 0 Å². The van der Waals surface area contributed by atoms with Gasteiger partial charge in [-0.15, -0.1) is 0 Å². The van der Waals surface area contributed by atoms with Crippen molar-refractivity contribution >= 4 is 19.7 Å². The maximum Gasteiger partial charge on any atom is 0.423 e. The van der Waals surface area contributed by atoms with Crippen LogP contribution < -0.4 is 10.9 Å². The number of hydrogen-bond acceptors (Lipinski definition) is 6. The van der Waals surface area contributed by atoms with E-state index in [4.69, 9.17) is 9.84 Å². The number of ether oxygens (including phenoxy) is 2. The lowest BCUT2D eigenvalue weighted by atomic mass is 10.2. The zero-order chi connectivity index (χ0) is 20.8.